The maximum absolute atomic E-state index is 13.2. The van der Waals surface area contributed by atoms with E-state index < -0.39 is 21.8 Å². The monoisotopic (exact) mass is 420 g/mol. The van der Waals surface area contributed by atoms with Crippen LogP contribution in [0.5, 0.6) is 5.88 Å². The van der Waals surface area contributed by atoms with E-state index in [-0.39, 0.29) is 51.0 Å². The Labute approximate surface area is 167 Å². The highest BCUT2D eigenvalue weighted by Gasteiger charge is 2.35. The molecule has 2 heterocycles. The maximum Gasteiger partial charge on any atom is 0.514 e. The molecule has 29 heavy (non-hydrogen) atoms. The van der Waals surface area contributed by atoms with E-state index in [0.29, 0.717) is 12.1 Å². The van der Waals surface area contributed by atoms with Gasteiger partial charge >= 0.3 is 6.16 Å². The van der Waals surface area contributed by atoms with E-state index in [9.17, 15) is 22.8 Å². The summed E-state index contributed by atoms with van der Waals surface area (Å²) in [5.41, 5.74) is 0.804. The van der Waals surface area contributed by atoms with Gasteiger partial charge in [0.25, 0.3) is 0 Å². The zero-order valence-electron chi connectivity index (χ0n) is 16.4. The van der Waals surface area contributed by atoms with Crippen LogP contribution in [0.4, 0.5) is 4.79 Å². The van der Waals surface area contributed by atoms with Gasteiger partial charge in [-0.05, 0) is 38.0 Å². The number of methoxy groups -OCH3 is 1. The molecule has 0 saturated carbocycles. The Bertz CT molecular complexity index is 1150. The van der Waals surface area contributed by atoms with E-state index in [1.54, 1.807) is 13.8 Å². The number of fused-ring (bicyclic) bond motifs is 1. The topological polar surface area (TPSA) is 122 Å². The first kappa shape index (κ1) is 20.7. The minimum absolute atomic E-state index is 0.00538. The summed E-state index contributed by atoms with van der Waals surface area (Å²) in [7, 11) is -2.46. The molecule has 0 amide bonds. The highest BCUT2D eigenvalue weighted by atomic mass is 32.2. The largest absolute Gasteiger partial charge is 0.514 e. The van der Waals surface area contributed by atoms with Crippen molar-refractivity contribution in [2.75, 3.05) is 12.9 Å². The molecule has 0 radical (unpaired) electrons. The number of hydrogen-bond acceptors (Lipinski definition) is 8. The number of aromatic nitrogens is 2. The third-order valence-corrected chi connectivity index (χ3v) is 6.73. The minimum atomic E-state index is -3.60. The number of ether oxygens (including phenoxy) is 2. The molecule has 0 unspecified atom stereocenters. The van der Waals surface area contributed by atoms with Crippen molar-refractivity contribution in [2.24, 2.45) is 0 Å². The lowest BCUT2D eigenvalue weighted by molar-refractivity contribution is 0.0981. The smallest absolute Gasteiger partial charge is 0.437 e. The summed E-state index contributed by atoms with van der Waals surface area (Å²) in [5.74, 6) is -1.19. The first-order valence-electron chi connectivity index (χ1n) is 8.88. The molecule has 0 aliphatic carbocycles. The summed E-state index contributed by atoms with van der Waals surface area (Å²) in [6.45, 7) is 5.17. The molecule has 154 valence electrons. The zero-order valence-corrected chi connectivity index (χ0v) is 17.3. The lowest BCUT2D eigenvalue weighted by Crippen LogP contribution is -2.25. The number of ketones is 2. The van der Waals surface area contributed by atoms with Crippen molar-refractivity contribution in [1.29, 1.82) is 0 Å². The van der Waals surface area contributed by atoms with Gasteiger partial charge in [0.1, 0.15) is 5.56 Å². The number of carbonyl (C=O) groups is 3. The second-order valence-corrected chi connectivity index (χ2v) is 8.67. The molecule has 0 bridgehead atoms. The fraction of sp³-hybridized carbons (Fsp3) is 0.368. The molecule has 10 heteroatoms. The van der Waals surface area contributed by atoms with Gasteiger partial charge in [0.15, 0.2) is 21.4 Å². The van der Waals surface area contributed by atoms with Gasteiger partial charge in [0.05, 0.1) is 24.0 Å². The number of sulfone groups is 1. The van der Waals surface area contributed by atoms with Crippen molar-refractivity contribution < 1.29 is 32.3 Å². The number of nitrogens with zero attached hydrogens (tertiary/aromatic N) is 2. The van der Waals surface area contributed by atoms with Crippen LogP contribution in [0.3, 0.4) is 0 Å². The van der Waals surface area contributed by atoms with Crippen molar-refractivity contribution in [3.8, 4) is 5.88 Å². The van der Waals surface area contributed by atoms with Gasteiger partial charge in [-0.25, -0.2) is 17.9 Å². The first-order chi connectivity index (χ1) is 13.6. The summed E-state index contributed by atoms with van der Waals surface area (Å²) in [4.78, 5) is 37.3. The quantitative estimate of drug-likeness (QED) is 0.545. The third kappa shape index (κ3) is 3.44. The fourth-order valence-electron chi connectivity index (χ4n) is 3.45. The molecule has 9 nitrogen and oxygen atoms in total. The van der Waals surface area contributed by atoms with E-state index in [4.69, 9.17) is 4.74 Å². The average molecular weight is 420 g/mol. The number of benzene rings is 1. The Morgan fingerprint density at radius 2 is 1.93 bits per heavy atom. The van der Waals surface area contributed by atoms with Gasteiger partial charge in [-0.2, -0.15) is 5.10 Å². The maximum atomic E-state index is 13.2. The Balaban J connectivity index is 2.19. The standard InChI is InChI=1S/C19H20N2O7S/c1-5-21-18(28-19(24)27-4)13(9-20-21)16(23)12-8-10(2)17-15(11(12)3)14(22)6-7-29(17,25)26/h8-9H,5-7H2,1-4H3. The number of hydrogen-bond donors (Lipinski definition) is 0. The fourth-order valence-corrected chi connectivity index (χ4v) is 5.23. The molecule has 0 atom stereocenters. The number of Topliss-reactive ketones (excluding diaryl/α,β-unsaturated/α-hetero) is 1. The van der Waals surface area contributed by atoms with Crippen LogP contribution in [0.25, 0.3) is 0 Å². The Kier molecular flexibility index (Phi) is 5.31. The Hall–Kier alpha value is -3.01. The van der Waals surface area contributed by atoms with E-state index in [1.165, 1.54) is 23.9 Å². The summed E-state index contributed by atoms with van der Waals surface area (Å²) in [6, 6.07) is 1.44. The van der Waals surface area contributed by atoms with Crippen molar-refractivity contribution >= 4 is 27.6 Å². The Morgan fingerprint density at radius 1 is 1.24 bits per heavy atom. The predicted molar refractivity (Wildman–Crippen MR) is 101 cm³/mol. The molecular formula is C19H20N2O7S. The van der Waals surface area contributed by atoms with Gasteiger partial charge in [0, 0.05) is 24.1 Å². The van der Waals surface area contributed by atoms with Crippen LogP contribution >= 0.6 is 0 Å². The summed E-state index contributed by atoms with van der Waals surface area (Å²) in [5, 5.41) is 4.05. The molecule has 1 aromatic heterocycles. The highest BCUT2D eigenvalue weighted by Crippen LogP contribution is 2.34. The van der Waals surface area contributed by atoms with Gasteiger partial charge < -0.3 is 9.47 Å². The normalized spacial score (nSPS) is 15.0. The lowest BCUT2D eigenvalue weighted by atomic mass is 9.91. The molecular weight excluding hydrogens is 400 g/mol. The molecule has 1 aliphatic rings. The van der Waals surface area contributed by atoms with Crippen LogP contribution < -0.4 is 4.74 Å². The average Bonchev–Trinajstić information content (AvgIpc) is 3.08. The van der Waals surface area contributed by atoms with Gasteiger partial charge in [0.2, 0.25) is 5.88 Å². The lowest BCUT2D eigenvalue weighted by Gasteiger charge is -2.21. The minimum Gasteiger partial charge on any atom is -0.437 e. The van der Waals surface area contributed by atoms with Crippen LogP contribution in [-0.4, -0.2) is 48.8 Å². The van der Waals surface area contributed by atoms with E-state index in [1.807, 2.05) is 0 Å². The molecule has 1 aliphatic heterocycles. The van der Waals surface area contributed by atoms with Crippen LogP contribution in [0, 0.1) is 13.8 Å². The summed E-state index contributed by atoms with van der Waals surface area (Å²) < 4.78 is 35.8. The number of rotatable bonds is 4. The van der Waals surface area contributed by atoms with Gasteiger partial charge in [-0.3, -0.25) is 9.59 Å². The highest BCUT2D eigenvalue weighted by molar-refractivity contribution is 7.91. The first-order valence-corrected chi connectivity index (χ1v) is 10.5. The molecule has 0 fully saturated rings. The molecule has 0 saturated heterocycles. The summed E-state index contributed by atoms with van der Waals surface area (Å²) >= 11 is 0. The summed E-state index contributed by atoms with van der Waals surface area (Å²) in [6.07, 6.45) is 0.128. The van der Waals surface area contributed by atoms with Crippen molar-refractivity contribution in [3.63, 3.8) is 0 Å². The van der Waals surface area contributed by atoms with Crippen molar-refractivity contribution in [3.05, 3.63) is 40.1 Å². The molecule has 3 rings (SSSR count). The second-order valence-electron chi connectivity index (χ2n) is 6.63. The van der Waals surface area contributed by atoms with Crippen LogP contribution in [0.1, 0.15) is 50.8 Å². The van der Waals surface area contributed by atoms with E-state index >= 15 is 0 Å². The molecule has 1 aromatic carbocycles. The SMILES string of the molecule is CCn1ncc(C(=O)c2cc(C)c3c(c2C)C(=O)CCS3(=O)=O)c1OC(=O)OC. The third-order valence-electron chi connectivity index (χ3n) is 4.84. The number of aryl methyl sites for hydroxylation is 2. The van der Waals surface area contributed by atoms with Crippen LogP contribution in [0.15, 0.2) is 17.2 Å². The van der Waals surface area contributed by atoms with Crippen LogP contribution in [-0.2, 0) is 21.1 Å². The van der Waals surface area contributed by atoms with Gasteiger partial charge in [-0.1, -0.05) is 0 Å². The molecule has 0 N–H and O–H groups in total. The van der Waals surface area contributed by atoms with E-state index in [0.717, 1.165) is 7.11 Å². The van der Waals surface area contributed by atoms with Crippen LogP contribution in [0.2, 0.25) is 0 Å². The second kappa shape index (κ2) is 7.43. The number of carbonyl (C=O) groups excluding carboxylic acids is 3. The molecule has 0 spiro atoms. The zero-order chi connectivity index (χ0) is 21.5. The van der Waals surface area contributed by atoms with Crippen molar-refractivity contribution in [2.45, 2.75) is 38.6 Å². The van der Waals surface area contributed by atoms with Gasteiger partial charge in [-0.15, -0.1) is 0 Å². The Morgan fingerprint density at radius 3 is 2.55 bits per heavy atom. The predicted octanol–water partition coefficient (Wildman–Crippen LogP) is 2.26. The molecule has 2 aromatic rings. The van der Waals surface area contributed by atoms with E-state index in [2.05, 4.69) is 9.84 Å². The van der Waals surface area contributed by atoms with Crippen molar-refractivity contribution in [1.82, 2.24) is 9.78 Å².